The summed E-state index contributed by atoms with van der Waals surface area (Å²) in [5.41, 5.74) is 4.98. The lowest BCUT2D eigenvalue weighted by Gasteiger charge is -2.18. The van der Waals surface area contributed by atoms with Crippen molar-refractivity contribution in [3.05, 3.63) is 57.8 Å². The van der Waals surface area contributed by atoms with E-state index in [0.717, 1.165) is 10.3 Å². The van der Waals surface area contributed by atoms with Gasteiger partial charge in [0.2, 0.25) is 0 Å². The number of benzene rings is 1. The minimum Gasteiger partial charge on any atom is -0.377 e. The molecule has 1 N–H and O–H groups in total. The number of nitrogens with zero attached hydrogens (tertiary/aromatic N) is 1. The maximum absolute atomic E-state index is 4.22. The maximum Gasteiger partial charge on any atom is 0.106 e. The average Bonchev–Trinajstić information content (AvgIpc) is 2.32. The van der Waals surface area contributed by atoms with Crippen molar-refractivity contribution < 1.29 is 0 Å². The Bertz CT molecular complexity index is 535. The zero-order valence-corrected chi connectivity index (χ0v) is 12.5. The standard InChI is InChI=1S/C15H17BrN2/c1-10-4-6-14(11(2)8-10)12(3)18-13-5-7-15(16)17-9-13/h4-9,12,18H,1-3H3. The summed E-state index contributed by atoms with van der Waals surface area (Å²) in [6.45, 7) is 6.44. The van der Waals surface area contributed by atoms with Crippen LogP contribution in [0.4, 0.5) is 5.69 Å². The van der Waals surface area contributed by atoms with Gasteiger partial charge in [-0.15, -0.1) is 0 Å². The molecule has 1 aromatic carbocycles. The molecule has 3 heteroatoms. The van der Waals surface area contributed by atoms with Crippen LogP contribution in [0.5, 0.6) is 0 Å². The highest BCUT2D eigenvalue weighted by Crippen LogP contribution is 2.23. The second-order valence-corrected chi connectivity index (χ2v) is 5.41. The van der Waals surface area contributed by atoms with E-state index in [1.807, 2.05) is 18.3 Å². The van der Waals surface area contributed by atoms with Crippen molar-refractivity contribution in [3.8, 4) is 0 Å². The van der Waals surface area contributed by atoms with Crippen LogP contribution in [0.25, 0.3) is 0 Å². The van der Waals surface area contributed by atoms with Crippen LogP contribution in [-0.4, -0.2) is 4.98 Å². The molecular weight excluding hydrogens is 288 g/mol. The van der Waals surface area contributed by atoms with Gasteiger partial charge in [0.1, 0.15) is 4.60 Å². The molecule has 0 fully saturated rings. The van der Waals surface area contributed by atoms with Gasteiger partial charge in [0.25, 0.3) is 0 Å². The third-order valence-electron chi connectivity index (χ3n) is 3.00. The topological polar surface area (TPSA) is 24.9 Å². The monoisotopic (exact) mass is 304 g/mol. The zero-order valence-electron chi connectivity index (χ0n) is 10.9. The highest BCUT2D eigenvalue weighted by molar-refractivity contribution is 9.10. The quantitative estimate of drug-likeness (QED) is 0.836. The fourth-order valence-corrected chi connectivity index (χ4v) is 2.33. The Morgan fingerprint density at radius 2 is 1.94 bits per heavy atom. The number of hydrogen-bond donors (Lipinski definition) is 1. The first-order valence-corrected chi connectivity index (χ1v) is 6.81. The molecular formula is C15H17BrN2. The molecule has 0 aliphatic heterocycles. The lowest BCUT2D eigenvalue weighted by molar-refractivity contribution is 0.871. The second-order valence-electron chi connectivity index (χ2n) is 4.60. The minimum absolute atomic E-state index is 0.272. The van der Waals surface area contributed by atoms with Gasteiger partial charge in [0.05, 0.1) is 11.9 Å². The fourth-order valence-electron chi connectivity index (χ4n) is 2.10. The molecule has 2 aromatic rings. The molecule has 0 amide bonds. The van der Waals surface area contributed by atoms with E-state index in [1.54, 1.807) is 0 Å². The van der Waals surface area contributed by atoms with Crippen LogP contribution in [0.15, 0.2) is 41.1 Å². The molecule has 0 saturated heterocycles. The lowest BCUT2D eigenvalue weighted by Crippen LogP contribution is -2.08. The third kappa shape index (κ3) is 3.10. The number of halogens is 1. The first-order chi connectivity index (χ1) is 8.56. The highest BCUT2D eigenvalue weighted by atomic mass is 79.9. The normalized spacial score (nSPS) is 12.2. The number of nitrogens with one attached hydrogen (secondary N) is 1. The summed E-state index contributed by atoms with van der Waals surface area (Å²) in [6, 6.07) is 10.8. The predicted octanol–water partition coefficient (Wildman–Crippen LogP) is 4.63. The summed E-state index contributed by atoms with van der Waals surface area (Å²) in [6.07, 6.45) is 1.84. The van der Waals surface area contributed by atoms with Crippen molar-refractivity contribution in [2.45, 2.75) is 26.8 Å². The Balaban J connectivity index is 2.16. The lowest BCUT2D eigenvalue weighted by atomic mass is 10.0. The first kappa shape index (κ1) is 13.1. The van der Waals surface area contributed by atoms with E-state index in [0.29, 0.717) is 0 Å². The molecule has 0 saturated carbocycles. The van der Waals surface area contributed by atoms with Gasteiger partial charge in [-0.3, -0.25) is 0 Å². The van der Waals surface area contributed by atoms with Crippen LogP contribution < -0.4 is 5.32 Å². The van der Waals surface area contributed by atoms with Gasteiger partial charge in [0, 0.05) is 6.04 Å². The summed E-state index contributed by atoms with van der Waals surface area (Å²) in [4.78, 5) is 4.22. The van der Waals surface area contributed by atoms with E-state index in [1.165, 1.54) is 16.7 Å². The van der Waals surface area contributed by atoms with Gasteiger partial charge in [-0.25, -0.2) is 4.98 Å². The first-order valence-electron chi connectivity index (χ1n) is 6.01. The predicted molar refractivity (Wildman–Crippen MR) is 79.9 cm³/mol. The molecule has 1 atom stereocenters. The Labute approximate surface area is 117 Å². The van der Waals surface area contributed by atoms with Crippen molar-refractivity contribution in [1.29, 1.82) is 0 Å². The molecule has 18 heavy (non-hydrogen) atoms. The highest BCUT2D eigenvalue weighted by Gasteiger charge is 2.08. The number of pyridine rings is 1. The van der Waals surface area contributed by atoms with Gasteiger partial charge >= 0.3 is 0 Å². The van der Waals surface area contributed by atoms with Gasteiger partial charge < -0.3 is 5.32 Å². The van der Waals surface area contributed by atoms with E-state index < -0.39 is 0 Å². The van der Waals surface area contributed by atoms with Gasteiger partial charge in [-0.2, -0.15) is 0 Å². The summed E-state index contributed by atoms with van der Waals surface area (Å²) < 4.78 is 0.854. The van der Waals surface area contributed by atoms with Gasteiger partial charge in [-0.05, 0) is 60.0 Å². The molecule has 1 heterocycles. The van der Waals surface area contributed by atoms with E-state index in [2.05, 4.69) is 65.2 Å². The van der Waals surface area contributed by atoms with Crippen molar-refractivity contribution in [2.24, 2.45) is 0 Å². The van der Waals surface area contributed by atoms with Crippen molar-refractivity contribution >= 4 is 21.6 Å². The van der Waals surface area contributed by atoms with Crippen molar-refractivity contribution in [3.63, 3.8) is 0 Å². The second kappa shape index (κ2) is 5.53. The van der Waals surface area contributed by atoms with Crippen LogP contribution in [0.3, 0.4) is 0 Å². The zero-order chi connectivity index (χ0) is 13.1. The molecule has 2 nitrogen and oxygen atoms in total. The van der Waals surface area contributed by atoms with Crippen LogP contribution in [-0.2, 0) is 0 Å². The molecule has 0 bridgehead atoms. The molecule has 0 aliphatic rings. The molecule has 94 valence electrons. The van der Waals surface area contributed by atoms with E-state index >= 15 is 0 Å². The maximum atomic E-state index is 4.22. The number of aromatic nitrogens is 1. The summed E-state index contributed by atoms with van der Waals surface area (Å²) in [5.74, 6) is 0. The summed E-state index contributed by atoms with van der Waals surface area (Å²) >= 11 is 3.34. The van der Waals surface area contributed by atoms with Crippen LogP contribution >= 0.6 is 15.9 Å². The summed E-state index contributed by atoms with van der Waals surface area (Å²) in [5, 5.41) is 3.46. The smallest absolute Gasteiger partial charge is 0.106 e. The molecule has 0 spiro atoms. The van der Waals surface area contributed by atoms with Gasteiger partial charge in [-0.1, -0.05) is 23.8 Å². The van der Waals surface area contributed by atoms with Crippen LogP contribution in [0, 0.1) is 13.8 Å². The Kier molecular flexibility index (Phi) is 4.02. The minimum atomic E-state index is 0.272. The number of aryl methyl sites for hydroxylation is 2. The molecule has 1 unspecified atom stereocenters. The largest absolute Gasteiger partial charge is 0.377 e. The number of hydrogen-bond acceptors (Lipinski definition) is 2. The molecule has 2 rings (SSSR count). The van der Waals surface area contributed by atoms with Crippen molar-refractivity contribution in [1.82, 2.24) is 4.98 Å². The van der Waals surface area contributed by atoms with Crippen LogP contribution in [0.1, 0.15) is 29.7 Å². The van der Waals surface area contributed by atoms with E-state index in [4.69, 9.17) is 0 Å². The molecule has 0 aliphatic carbocycles. The third-order valence-corrected chi connectivity index (χ3v) is 3.47. The Morgan fingerprint density at radius 3 is 2.56 bits per heavy atom. The van der Waals surface area contributed by atoms with Crippen LogP contribution in [0.2, 0.25) is 0 Å². The number of rotatable bonds is 3. The average molecular weight is 305 g/mol. The summed E-state index contributed by atoms with van der Waals surface area (Å²) in [7, 11) is 0. The Hall–Kier alpha value is -1.35. The SMILES string of the molecule is Cc1ccc(C(C)Nc2ccc(Br)nc2)c(C)c1. The molecule has 0 radical (unpaired) electrons. The Morgan fingerprint density at radius 1 is 1.17 bits per heavy atom. The molecule has 1 aromatic heterocycles. The van der Waals surface area contributed by atoms with E-state index in [-0.39, 0.29) is 6.04 Å². The van der Waals surface area contributed by atoms with E-state index in [9.17, 15) is 0 Å². The van der Waals surface area contributed by atoms with Crippen molar-refractivity contribution in [2.75, 3.05) is 5.32 Å². The fraction of sp³-hybridized carbons (Fsp3) is 0.267. The number of anilines is 1. The van der Waals surface area contributed by atoms with Gasteiger partial charge in [0.15, 0.2) is 0 Å².